The fraction of sp³-hybridized carbons (Fsp3) is 0.741. The maximum atomic E-state index is 12.2. The first-order valence-electron chi connectivity index (χ1n) is 12.7. The second-order valence-electron chi connectivity index (χ2n) is 8.48. The fourth-order valence-corrected chi connectivity index (χ4v) is 3.85. The summed E-state index contributed by atoms with van der Waals surface area (Å²) in [6.07, 6.45) is 18.4. The maximum Gasteiger partial charge on any atom is 0.513 e. The largest absolute Gasteiger partial charge is 0.513 e. The van der Waals surface area contributed by atoms with E-state index >= 15 is 0 Å². The van der Waals surface area contributed by atoms with Gasteiger partial charge in [0.25, 0.3) is 0 Å². The zero-order valence-corrected chi connectivity index (χ0v) is 20.0. The third kappa shape index (κ3) is 12.2. The Labute approximate surface area is 185 Å². The molecule has 0 saturated carbocycles. The smallest absolute Gasteiger partial charge is 0.434 e. The van der Waals surface area contributed by atoms with Crippen LogP contribution in [0.1, 0.15) is 122 Å². The Balaban J connectivity index is 2.66. The number of rotatable bonds is 18. The molecule has 0 amide bonds. The summed E-state index contributed by atoms with van der Waals surface area (Å²) in [5.74, 6) is 0.704. The molecule has 30 heavy (non-hydrogen) atoms. The molecule has 1 aromatic rings. The van der Waals surface area contributed by atoms with Crippen molar-refractivity contribution in [1.29, 1.82) is 0 Å². The van der Waals surface area contributed by atoms with E-state index in [0.29, 0.717) is 12.4 Å². The van der Waals surface area contributed by atoms with Crippen LogP contribution in [0.5, 0.6) is 5.75 Å². The second kappa shape index (κ2) is 18.3. The van der Waals surface area contributed by atoms with Gasteiger partial charge in [-0.25, -0.2) is 4.79 Å². The van der Waals surface area contributed by atoms with Crippen molar-refractivity contribution in [3.63, 3.8) is 0 Å². The Morgan fingerprint density at radius 3 is 1.90 bits per heavy atom. The lowest BCUT2D eigenvalue weighted by Crippen LogP contribution is -2.13. The van der Waals surface area contributed by atoms with Crippen LogP contribution in [-0.2, 0) is 17.6 Å². The molecule has 0 aliphatic heterocycles. The molecule has 0 spiro atoms. The lowest BCUT2D eigenvalue weighted by atomic mass is 9.95. The maximum absolute atomic E-state index is 12.2. The first-order chi connectivity index (χ1) is 14.7. The van der Waals surface area contributed by atoms with Crippen molar-refractivity contribution < 1.29 is 14.3 Å². The average molecular weight is 419 g/mol. The van der Waals surface area contributed by atoms with Crippen molar-refractivity contribution in [2.75, 3.05) is 6.61 Å². The number of carbonyl (C=O) groups excluding carboxylic acids is 1. The third-order valence-electron chi connectivity index (χ3n) is 5.72. The monoisotopic (exact) mass is 418 g/mol. The molecule has 3 nitrogen and oxygen atoms in total. The van der Waals surface area contributed by atoms with Crippen molar-refractivity contribution in [2.24, 2.45) is 0 Å². The zero-order chi connectivity index (χ0) is 21.9. The van der Waals surface area contributed by atoms with Gasteiger partial charge in [0.1, 0.15) is 5.75 Å². The highest BCUT2D eigenvalue weighted by atomic mass is 16.7. The van der Waals surface area contributed by atoms with Gasteiger partial charge in [0.2, 0.25) is 0 Å². The molecule has 0 atom stereocenters. The number of ether oxygens (including phenoxy) is 2. The van der Waals surface area contributed by atoms with E-state index in [9.17, 15) is 4.79 Å². The van der Waals surface area contributed by atoms with E-state index < -0.39 is 6.16 Å². The fourth-order valence-electron chi connectivity index (χ4n) is 3.85. The Bertz CT molecular complexity index is 553. The minimum atomic E-state index is -0.557. The van der Waals surface area contributed by atoms with Gasteiger partial charge in [0.05, 0.1) is 6.61 Å². The van der Waals surface area contributed by atoms with Crippen LogP contribution in [0.25, 0.3) is 0 Å². The zero-order valence-electron chi connectivity index (χ0n) is 20.0. The molecule has 0 fully saturated rings. The minimum Gasteiger partial charge on any atom is -0.434 e. The topological polar surface area (TPSA) is 35.5 Å². The lowest BCUT2D eigenvalue weighted by molar-refractivity contribution is 0.0969. The summed E-state index contributed by atoms with van der Waals surface area (Å²) in [7, 11) is 0. The Hall–Kier alpha value is -1.51. The van der Waals surface area contributed by atoms with Crippen molar-refractivity contribution in [3.05, 3.63) is 29.3 Å². The predicted molar refractivity (Wildman–Crippen MR) is 127 cm³/mol. The minimum absolute atomic E-state index is 0.447. The number of hydrogen-bond acceptors (Lipinski definition) is 3. The first-order valence-corrected chi connectivity index (χ1v) is 12.7. The number of unbranched alkanes of at least 4 members (excludes halogenated alkanes) is 11. The summed E-state index contributed by atoms with van der Waals surface area (Å²) < 4.78 is 11.0. The van der Waals surface area contributed by atoms with Crippen molar-refractivity contribution in [3.8, 4) is 5.75 Å². The van der Waals surface area contributed by atoms with E-state index in [0.717, 1.165) is 32.1 Å². The summed E-state index contributed by atoms with van der Waals surface area (Å²) in [5.41, 5.74) is 2.56. The summed E-state index contributed by atoms with van der Waals surface area (Å²) in [5, 5.41) is 0. The molecular formula is C27H46O3. The van der Waals surface area contributed by atoms with Gasteiger partial charge < -0.3 is 9.47 Å². The van der Waals surface area contributed by atoms with Gasteiger partial charge in [-0.2, -0.15) is 0 Å². The van der Waals surface area contributed by atoms with Gasteiger partial charge in [-0.15, -0.1) is 0 Å². The molecule has 0 saturated heterocycles. The van der Waals surface area contributed by atoms with Crippen LogP contribution in [0.3, 0.4) is 0 Å². The lowest BCUT2D eigenvalue weighted by Gasteiger charge is -2.15. The van der Waals surface area contributed by atoms with Crippen molar-refractivity contribution in [1.82, 2.24) is 0 Å². The van der Waals surface area contributed by atoms with Crippen LogP contribution < -0.4 is 4.74 Å². The van der Waals surface area contributed by atoms with Crippen LogP contribution in [0, 0.1) is 0 Å². The molecule has 1 aromatic carbocycles. The van der Waals surface area contributed by atoms with Gasteiger partial charge in [-0.1, -0.05) is 104 Å². The highest BCUT2D eigenvalue weighted by molar-refractivity contribution is 5.65. The SMILES string of the molecule is CCCCCCCc1cccc(OC(=O)OCCCCCC)c1CCCCCCC. The van der Waals surface area contributed by atoms with Crippen LogP contribution in [0.2, 0.25) is 0 Å². The number of carbonyl (C=O) groups is 1. The van der Waals surface area contributed by atoms with E-state index in [2.05, 4.69) is 26.8 Å². The summed E-state index contributed by atoms with van der Waals surface area (Å²) in [6.45, 7) is 7.12. The summed E-state index contributed by atoms with van der Waals surface area (Å²) in [6, 6.07) is 6.16. The van der Waals surface area contributed by atoms with Gasteiger partial charge in [0, 0.05) is 0 Å². The van der Waals surface area contributed by atoms with E-state index in [-0.39, 0.29) is 0 Å². The van der Waals surface area contributed by atoms with Crippen LogP contribution in [0.4, 0.5) is 4.79 Å². The Kier molecular flexibility index (Phi) is 16.2. The van der Waals surface area contributed by atoms with Crippen LogP contribution in [-0.4, -0.2) is 12.8 Å². The molecule has 0 heterocycles. The Morgan fingerprint density at radius 2 is 1.27 bits per heavy atom. The van der Waals surface area contributed by atoms with Gasteiger partial charge in [-0.05, 0) is 49.3 Å². The number of hydrogen-bond donors (Lipinski definition) is 0. The summed E-state index contributed by atoms with van der Waals surface area (Å²) >= 11 is 0. The van der Waals surface area contributed by atoms with E-state index in [1.807, 2.05) is 12.1 Å². The Morgan fingerprint density at radius 1 is 0.700 bits per heavy atom. The highest BCUT2D eigenvalue weighted by Gasteiger charge is 2.14. The van der Waals surface area contributed by atoms with Gasteiger partial charge >= 0.3 is 6.16 Å². The number of benzene rings is 1. The molecule has 0 unspecified atom stereocenters. The second-order valence-corrected chi connectivity index (χ2v) is 8.48. The van der Waals surface area contributed by atoms with E-state index in [1.54, 1.807) is 0 Å². The average Bonchev–Trinajstić information content (AvgIpc) is 2.74. The van der Waals surface area contributed by atoms with Crippen molar-refractivity contribution in [2.45, 2.75) is 124 Å². The summed E-state index contributed by atoms with van der Waals surface area (Å²) in [4.78, 5) is 12.2. The first kappa shape index (κ1) is 26.5. The molecule has 3 heteroatoms. The molecule has 1 rings (SSSR count). The molecular weight excluding hydrogens is 372 g/mol. The predicted octanol–water partition coefficient (Wildman–Crippen LogP) is 8.81. The normalized spacial score (nSPS) is 10.9. The molecule has 0 aliphatic rings. The van der Waals surface area contributed by atoms with Gasteiger partial charge in [0.15, 0.2) is 0 Å². The van der Waals surface area contributed by atoms with E-state index in [4.69, 9.17) is 9.47 Å². The standard InChI is InChI=1S/C27H46O3/c1-4-7-10-13-15-19-24-20-18-22-26(25(24)21-16-14-11-8-5-2)30-27(28)29-23-17-12-9-6-3/h18,20,22H,4-17,19,21,23H2,1-3H3. The third-order valence-corrected chi connectivity index (χ3v) is 5.72. The molecule has 0 radical (unpaired) electrons. The van der Waals surface area contributed by atoms with Crippen LogP contribution in [0.15, 0.2) is 18.2 Å². The molecule has 0 N–H and O–H groups in total. The number of aryl methyl sites for hydroxylation is 1. The molecule has 0 aliphatic carbocycles. The molecule has 172 valence electrons. The van der Waals surface area contributed by atoms with Gasteiger partial charge in [-0.3, -0.25) is 0 Å². The van der Waals surface area contributed by atoms with Crippen LogP contribution >= 0.6 is 0 Å². The van der Waals surface area contributed by atoms with E-state index in [1.165, 1.54) is 81.8 Å². The quantitative estimate of drug-likeness (QED) is 0.136. The molecule has 0 bridgehead atoms. The van der Waals surface area contributed by atoms with Crippen molar-refractivity contribution >= 4 is 6.16 Å². The highest BCUT2D eigenvalue weighted by Crippen LogP contribution is 2.27. The molecule has 0 aromatic heterocycles.